The first-order chi connectivity index (χ1) is 13.1. The Kier molecular flexibility index (Phi) is 5.58. The standard InChI is InChI=1S/C22H20ClNOS2/c1-14(7-8-15-5-3-2-4-6-15)24-22(25)20-11-16-13-26-19-12-17(23)9-10-18(19)21(16)27-20/h2-6,9-12,14H,7-8,13H2,1H3,(H,24,25)/t14-/m1/s1. The summed E-state index contributed by atoms with van der Waals surface area (Å²) in [6.45, 7) is 2.07. The maximum atomic E-state index is 12.7. The van der Waals surface area contributed by atoms with Crippen LogP contribution in [0.4, 0.5) is 0 Å². The molecule has 0 radical (unpaired) electrons. The van der Waals surface area contributed by atoms with Gasteiger partial charge in [-0.15, -0.1) is 23.1 Å². The molecule has 0 unspecified atom stereocenters. The molecular weight excluding hydrogens is 394 g/mol. The molecule has 2 nitrogen and oxygen atoms in total. The van der Waals surface area contributed by atoms with E-state index >= 15 is 0 Å². The molecule has 5 heteroatoms. The highest BCUT2D eigenvalue weighted by Crippen LogP contribution is 2.46. The van der Waals surface area contributed by atoms with Crippen molar-refractivity contribution < 1.29 is 4.79 Å². The quantitative estimate of drug-likeness (QED) is 0.522. The number of hydrogen-bond acceptors (Lipinski definition) is 3. The van der Waals surface area contributed by atoms with Crippen molar-refractivity contribution in [3.8, 4) is 10.4 Å². The second-order valence-corrected chi connectivity index (χ2v) is 9.30. The number of halogens is 1. The molecule has 3 aromatic rings. The Morgan fingerprint density at radius 1 is 1.19 bits per heavy atom. The molecule has 138 valence electrons. The molecule has 1 aliphatic rings. The normalized spacial score (nSPS) is 13.6. The highest BCUT2D eigenvalue weighted by molar-refractivity contribution is 7.98. The molecule has 0 fully saturated rings. The fourth-order valence-corrected chi connectivity index (χ4v) is 5.82. The topological polar surface area (TPSA) is 29.1 Å². The van der Waals surface area contributed by atoms with E-state index in [1.54, 1.807) is 23.1 Å². The van der Waals surface area contributed by atoms with Gasteiger partial charge in [-0.05, 0) is 49.1 Å². The van der Waals surface area contributed by atoms with Crippen molar-refractivity contribution in [3.63, 3.8) is 0 Å². The van der Waals surface area contributed by atoms with E-state index in [0.29, 0.717) is 0 Å². The fraction of sp³-hybridized carbons (Fsp3) is 0.227. The second kappa shape index (κ2) is 8.09. The van der Waals surface area contributed by atoms with Crippen molar-refractivity contribution in [2.75, 3.05) is 0 Å². The van der Waals surface area contributed by atoms with Gasteiger partial charge in [-0.1, -0.05) is 48.0 Å². The average Bonchev–Trinajstić information content (AvgIpc) is 3.12. The maximum Gasteiger partial charge on any atom is 0.261 e. The number of hydrogen-bond donors (Lipinski definition) is 1. The van der Waals surface area contributed by atoms with Crippen LogP contribution >= 0.6 is 34.7 Å². The Bertz CT molecular complexity index is 968. The molecule has 27 heavy (non-hydrogen) atoms. The first-order valence-corrected chi connectivity index (χ1v) is 11.2. The van der Waals surface area contributed by atoms with E-state index in [9.17, 15) is 4.79 Å². The zero-order chi connectivity index (χ0) is 18.8. The van der Waals surface area contributed by atoms with Crippen molar-refractivity contribution in [3.05, 3.63) is 75.6 Å². The Balaban J connectivity index is 1.44. The molecule has 4 rings (SSSR count). The molecule has 1 atom stereocenters. The van der Waals surface area contributed by atoms with Crippen LogP contribution in [0, 0.1) is 0 Å². The molecule has 1 amide bonds. The lowest BCUT2D eigenvalue weighted by atomic mass is 10.1. The summed E-state index contributed by atoms with van der Waals surface area (Å²) in [5.74, 6) is 0.909. The van der Waals surface area contributed by atoms with Crippen LogP contribution in [-0.2, 0) is 12.2 Å². The summed E-state index contributed by atoms with van der Waals surface area (Å²) < 4.78 is 0. The number of thioether (sulfide) groups is 1. The van der Waals surface area contributed by atoms with Gasteiger partial charge >= 0.3 is 0 Å². The number of thiophene rings is 1. The van der Waals surface area contributed by atoms with Gasteiger partial charge in [-0.25, -0.2) is 0 Å². The molecule has 1 N–H and O–H groups in total. The van der Waals surface area contributed by atoms with Crippen molar-refractivity contribution in [1.29, 1.82) is 0 Å². The van der Waals surface area contributed by atoms with Crippen molar-refractivity contribution in [1.82, 2.24) is 5.32 Å². The number of aryl methyl sites for hydroxylation is 1. The van der Waals surface area contributed by atoms with Crippen LogP contribution in [0.1, 0.15) is 34.1 Å². The Morgan fingerprint density at radius 2 is 2.00 bits per heavy atom. The molecule has 0 saturated heterocycles. The summed E-state index contributed by atoms with van der Waals surface area (Å²) in [4.78, 5) is 15.9. The van der Waals surface area contributed by atoms with Gasteiger partial charge in [0.1, 0.15) is 0 Å². The van der Waals surface area contributed by atoms with E-state index < -0.39 is 0 Å². The number of nitrogens with one attached hydrogen (secondary N) is 1. The first-order valence-electron chi connectivity index (χ1n) is 9.00. The zero-order valence-corrected chi connectivity index (χ0v) is 17.4. The molecule has 0 bridgehead atoms. The van der Waals surface area contributed by atoms with Gasteiger partial charge < -0.3 is 5.32 Å². The van der Waals surface area contributed by atoms with Crippen molar-refractivity contribution >= 4 is 40.6 Å². The fourth-order valence-electron chi connectivity index (χ4n) is 3.23. The lowest BCUT2D eigenvalue weighted by Gasteiger charge is -2.15. The minimum atomic E-state index is 0.0236. The number of rotatable bonds is 5. The third-order valence-electron chi connectivity index (χ3n) is 4.69. The predicted octanol–water partition coefficient (Wildman–Crippen LogP) is 6.43. The number of carbonyl (C=O) groups is 1. The van der Waals surface area contributed by atoms with Gasteiger partial charge in [-0.3, -0.25) is 4.79 Å². The molecule has 2 aromatic carbocycles. The van der Waals surface area contributed by atoms with Gasteiger partial charge in [0, 0.05) is 32.2 Å². The lowest BCUT2D eigenvalue weighted by molar-refractivity contribution is 0.0942. The third-order valence-corrected chi connectivity index (χ3v) is 7.24. The minimum Gasteiger partial charge on any atom is -0.349 e. The number of amides is 1. The van der Waals surface area contributed by atoms with Gasteiger partial charge in [0.25, 0.3) is 5.91 Å². The molecular formula is C22H20ClNOS2. The zero-order valence-electron chi connectivity index (χ0n) is 15.0. The van der Waals surface area contributed by atoms with E-state index in [4.69, 9.17) is 11.6 Å². The lowest BCUT2D eigenvalue weighted by Crippen LogP contribution is -2.32. The van der Waals surface area contributed by atoms with Crippen LogP contribution < -0.4 is 5.32 Å². The summed E-state index contributed by atoms with van der Waals surface area (Å²) in [5.41, 5.74) is 3.73. The van der Waals surface area contributed by atoms with E-state index in [-0.39, 0.29) is 11.9 Å². The van der Waals surface area contributed by atoms with Gasteiger partial charge in [-0.2, -0.15) is 0 Å². The summed E-state index contributed by atoms with van der Waals surface area (Å²) in [6, 6.07) is 18.6. The summed E-state index contributed by atoms with van der Waals surface area (Å²) in [7, 11) is 0. The molecule has 1 aliphatic heterocycles. The minimum absolute atomic E-state index is 0.0236. The van der Waals surface area contributed by atoms with Crippen LogP contribution in [0.25, 0.3) is 10.4 Å². The maximum absolute atomic E-state index is 12.7. The Labute approximate surface area is 173 Å². The summed E-state index contributed by atoms with van der Waals surface area (Å²) in [6.07, 6.45) is 1.89. The molecule has 2 heterocycles. The predicted molar refractivity (Wildman–Crippen MR) is 116 cm³/mol. The van der Waals surface area contributed by atoms with E-state index in [1.165, 1.54) is 26.5 Å². The van der Waals surface area contributed by atoms with Crippen LogP contribution in [0.15, 0.2) is 59.5 Å². The number of carbonyl (C=O) groups excluding carboxylic acids is 1. The van der Waals surface area contributed by atoms with Crippen LogP contribution in [0.2, 0.25) is 5.02 Å². The summed E-state index contributed by atoms with van der Waals surface area (Å²) in [5, 5.41) is 3.91. The molecule has 1 aromatic heterocycles. The van der Waals surface area contributed by atoms with Crippen molar-refractivity contribution in [2.45, 2.75) is 36.5 Å². The second-order valence-electron chi connectivity index (χ2n) is 6.79. The monoisotopic (exact) mass is 413 g/mol. The largest absolute Gasteiger partial charge is 0.349 e. The smallest absolute Gasteiger partial charge is 0.261 e. The average molecular weight is 414 g/mol. The first kappa shape index (κ1) is 18.6. The van der Waals surface area contributed by atoms with Crippen LogP contribution in [0.3, 0.4) is 0 Å². The Morgan fingerprint density at radius 3 is 2.81 bits per heavy atom. The van der Waals surface area contributed by atoms with E-state index in [1.807, 2.05) is 24.3 Å². The molecule has 0 spiro atoms. The number of benzene rings is 2. The molecule has 0 aliphatic carbocycles. The van der Waals surface area contributed by atoms with E-state index in [0.717, 1.165) is 28.5 Å². The van der Waals surface area contributed by atoms with E-state index in [2.05, 4.69) is 42.6 Å². The van der Waals surface area contributed by atoms with Gasteiger partial charge in [0.2, 0.25) is 0 Å². The number of fused-ring (bicyclic) bond motifs is 3. The van der Waals surface area contributed by atoms with Gasteiger partial charge in [0.15, 0.2) is 0 Å². The highest BCUT2D eigenvalue weighted by atomic mass is 35.5. The SMILES string of the molecule is C[C@H](CCc1ccccc1)NC(=O)c1cc2c(s1)-c1ccc(Cl)cc1SC2. The highest BCUT2D eigenvalue weighted by Gasteiger charge is 2.22. The van der Waals surface area contributed by atoms with Crippen molar-refractivity contribution in [2.24, 2.45) is 0 Å². The van der Waals surface area contributed by atoms with Crippen LogP contribution in [-0.4, -0.2) is 11.9 Å². The Hall–Kier alpha value is -1.75. The third kappa shape index (κ3) is 4.23. The van der Waals surface area contributed by atoms with Crippen LogP contribution in [0.5, 0.6) is 0 Å². The summed E-state index contributed by atoms with van der Waals surface area (Å²) >= 11 is 9.48. The molecule has 0 saturated carbocycles. The van der Waals surface area contributed by atoms with Gasteiger partial charge in [0.05, 0.1) is 4.88 Å².